The molecule has 1 aliphatic rings. The van der Waals surface area contributed by atoms with Crippen LogP contribution in [0, 0.1) is 5.92 Å². The average Bonchev–Trinajstić information content (AvgIpc) is 3.08. The van der Waals surface area contributed by atoms with Gasteiger partial charge in [0.05, 0.1) is 17.2 Å². The van der Waals surface area contributed by atoms with Crippen molar-refractivity contribution in [2.24, 2.45) is 5.92 Å². The van der Waals surface area contributed by atoms with Gasteiger partial charge in [-0.3, -0.25) is 4.98 Å². The normalized spacial score (nSPS) is 19.1. The second kappa shape index (κ2) is 4.66. The van der Waals surface area contributed by atoms with Gasteiger partial charge in [-0.05, 0) is 29.9 Å². The van der Waals surface area contributed by atoms with Crippen molar-refractivity contribution < 1.29 is 0 Å². The van der Waals surface area contributed by atoms with Crippen molar-refractivity contribution in [2.45, 2.75) is 13.0 Å². The molecule has 0 saturated carbocycles. The molecular weight excluding hydrogens is 268 g/mol. The van der Waals surface area contributed by atoms with E-state index in [1.807, 2.05) is 36.2 Å². The Morgan fingerprint density at radius 1 is 1.30 bits per heavy atom. The van der Waals surface area contributed by atoms with Crippen LogP contribution in [0.2, 0.25) is 0 Å². The fourth-order valence-corrected chi connectivity index (χ4v) is 4.22. The maximum atomic E-state index is 6.14. The number of hydrogen-bond donors (Lipinski definition) is 1. The molecule has 0 spiro atoms. The van der Waals surface area contributed by atoms with Crippen LogP contribution >= 0.6 is 11.8 Å². The minimum Gasteiger partial charge on any atom is -0.369 e. The van der Waals surface area contributed by atoms with E-state index in [2.05, 4.69) is 20.6 Å². The molecule has 2 aromatic heterocycles. The number of pyridine rings is 1. The van der Waals surface area contributed by atoms with E-state index in [4.69, 9.17) is 5.73 Å². The van der Waals surface area contributed by atoms with Gasteiger partial charge in [-0.2, -0.15) is 11.8 Å². The van der Waals surface area contributed by atoms with E-state index in [0.717, 1.165) is 28.5 Å². The first-order valence-electron chi connectivity index (χ1n) is 6.90. The van der Waals surface area contributed by atoms with Gasteiger partial charge in [-0.15, -0.1) is 0 Å². The van der Waals surface area contributed by atoms with Crippen molar-refractivity contribution in [3.05, 3.63) is 30.5 Å². The molecule has 0 aliphatic carbocycles. The van der Waals surface area contributed by atoms with Gasteiger partial charge in [0, 0.05) is 11.9 Å². The molecule has 102 valence electrons. The maximum absolute atomic E-state index is 6.14. The Morgan fingerprint density at radius 2 is 2.20 bits per heavy atom. The lowest BCUT2D eigenvalue weighted by Gasteiger charge is -2.12. The summed E-state index contributed by atoms with van der Waals surface area (Å²) in [6.45, 7) is 0.962. The van der Waals surface area contributed by atoms with Gasteiger partial charge in [0.25, 0.3) is 0 Å². The van der Waals surface area contributed by atoms with Crippen LogP contribution in [0.4, 0.5) is 5.95 Å². The summed E-state index contributed by atoms with van der Waals surface area (Å²) in [7, 11) is 0. The lowest BCUT2D eigenvalue weighted by atomic mass is 10.1. The van der Waals surface area contributed by atoms with Crippen molar-refractivity contribution in [3.8, 4) is 0 Å². The van der Waals surface area contributed by atoms with Gasteiger partial charge >= 0.3 is 0 Å². The van der Waals surface area contributed by atoms with Crippen molar-refractivity contribution in [3.63, 3.8) is 0 Å². The molecule has 1 atom stereocenters. The van der Waals surface area contributed by atoms with Crippen molar-refractivity contribution in [2.75, 3.05) is 17.2 Å². The zero-order valence-corrected chi connectivity index (χ0v) is 11.9. The van der Waals surface area contributed by atoms with E-state index in [1.54, 1.807) is 0 Å². The number of para-hydroxylation sites is 1. The molecule has 4 nitrogen and oxygen atoms in total. The second-order valence-corrected chi connectivity index (χ2v) is 6.47. The smallest absolute Gasteiger partial charge is 0.201 e. The highest BCUT2D eigenvalue weighted by atomic mass is 32.2. The Hall–Kier alpha value is -1.75. The van der Waals surface area contributed by atoms with Crippen molar-refractivity contribution in [1.29, 1.82) is 0 Å². The van der Waals surface area contributed by atoms with E-state index in [0.29, 0.717) is 11.9 Å². The predicted molar refractivity (Wildman–Crippen MR) is 84.9 cm³/mol. The fraction of sp³-hybridized carbons (Fsp3) is 0.333. The van der Waals surface area contributed by atoms with Crippen LogP contribution in [0.25, 0.3) is 21.9 Å². The highest BCUT2D eigenvalue weighted by molar-refractivity contribution is 7.99. The first-order valence-corrected chi connectivity index (χ1v) is 8.05. The molecule has 0 radical (unpaired) electrons. The first-order chi connectivity index (χ1) is 9.83. The zero-order valence-electron chi connectivity index (χ0n) is 11.1. The topological polar surface area (TPSA) is 56.7 Å². The minimum atomic E-state index is 0.607. The predicted octanol–water partition coefficient (Wildman–Crippen LogP) is 2.92. The molecule has 3 aromatic rings. The number of thioether (sulfide) groups is 1. The summed E-state index contributed by atoms with van der Waals surface area (Å²) in [5.74, 6) is 3.79. The van der Waals surface area contributed by atoms with E-state index in [-0.39, 0.29) is 0 Å². The summed E-state index contributed by atoms with van der Waals surface area (Å²) in [5, 5.41) is 1.14. The number of benzene rings is 1. The third kappa shape index (κ3) is 1.85. The van der Waals surface area contributed by atoms with Crippen molar-refractivity contribution >= 4 is 39.6 Å². The minimum absolute atomic E-state index is 0.607. The van der Waals surface area contributed by atoms with Crippen molar-refractivity contribution in [1.82, 2.24) is 14.5 Å². The molecular formula is C15H16N4S. The number of hydrogen-bond acceptors (Lipinski definition) is 4. The molecule has 1 saturated heterocycles. The number of nitrogens with two attached hydrogens (primary N) is 1. The monoisotopic (exact) mass is 284 g/mol. The summed E-state index contributed by atoms with van der Waals surface area (Å²) >= 11 is 2.03. The zero-order chi connectivity index (χ0) is 13.5. The largest absolute Gasteiger partial charge is 0.369 e. The standard InChI is InChI=1S/C15H16N4S/c16-15-18-13-7-17-12-4-2-1-3-11(12)14(13)19(15)8-10-5-6-20-9-10/h1-4,7,10H,5-6,8-9H2,(H2,16,18). The van der Waals surface area contributed by atoms with Gasteiger partial charge in [0.15, 0.2) is 0 Å². The average molecular weight is 284 g/mol. The fourth-order valence-electron chi connectivity index (χ4n) is 2.95. The van der Waals surface area contributed by atoms with Gasteiger partial charge in [0.1, 0.15) is 5.52 Å². The van der Waals surface area contributed by atoms with Crippen LogP contribution in [0.1, 0.15) is 6.42 Å². The number of imidazole rings is 1. The van der Waals surface area contributed by atoms with Crippen LogP contribution < -0.4 is 5.73 Å². The second-order valence-electron chi connectivity index (χ2n) is 5.32. The van der Waals surface area contributed by atoms with Gasteiger partial charge < -0.3 is 10.3 Å². The number of aromatic nitrogens is 3. The molecule has 2 N–H and O–H groups in total. The van der Waals surface area contributed by atoms with Gasteiger partial charge in [-0.25, -0.2) is 4.98 Å². The lowest BCUT2D eigenvalue weighted by molar-refractivity contribution is 0.505. The summed E-state index contributed by atoms with van der Waals surface area (Å²) in [6, 6.07) is 8.20. The highest BCUT2D eigenvalue weighted by Crippen LogP contribution is 2.30. The summed E-state index contributed by atoms with van der Waals surface area (Å²) in [5.41, 5.74) is 9.17. The molecule has 0 amide bonds. The molecule has 0 bridgehead atoms. The number of anilines is 1. The van der Waals surface area contributed by atoms with E-state index >= 15 is 0 Å². The van der Waals surface area contributed by atoms with Crippen LogP contribution in [-0.4, -0.2) is 26.0 Å². The Balaban J connectivity index is 1.93. The third-order valence-corrected chi connectivity index (χ3v) is 5.21. The summed E-state index contributed by atoms with van der Waals surface area (Å²) in [6.07, 6.45) is 3.10. The van der Waals surface area contributed by atoms with Gasteiger partial charge in [-0.1, -0.05) is 18.2 Å². The molecule has 5 heteroatoms. The number of fused-ring (bicyclic) bond motifs is 3. The number of nitrogen functional groups attached to an aromatic ring is 1. The molecule has 1 aromatic carbocycles. The Kier molecular flexibility index (Phi) is 2.80. The van der Waals surface area contributed by atoms with Gasteiger partial charge in [0.2, 0.25) is 5.95 Å². The molecule has 3 heterocycles. The molecule has 1 fully saturated rings. The SMILES string of the molecule is Nc1nc2cnc3ccccc3c2n1CC1CCSC1. The molecule has 4 rings (SSSR count). The number of rotatable bonds is 2. The summed E-state index contributed by atoms with van der Waals surface area (Å²) < 4.78 is 2.18. The van der Waals surface area contributed by atoms with E-state index in [1.165, 1.54) is 17.9 Å². The first kappa shape index (κ1) is 12.0. The van der Waals surface area contributed by atoms with E-state index in [9.17, 15) is 0 Å². The van der Waals surface area contributed by atoms with E-state index < -0.39 is 0 Å². The Morgan fingerprint density at radius 3 is 3.05 bits per heavy atom. The quantitative estimate of drug-likeness (QED) is 0.786. The van der Waals surface area contributed by atoms with Crippen LogP contribution in [-0.2, 0) is 6.54 Å². The highest BCUT2D eigenvalue weighted by Gasteiger charge is 2.19. The third-order valence-electron chi connectivity index (χ3n) is 3.97. The van der Waals surface area contributed by atoms with Crippen LogP contribution in [0.5, 0.6) is 0 Å². The Labute approximate surface area is 121 Å². The summed E-state index contributed by atoms with van der Waals surface area (Å²) in [4.78, 5) is 8.94. The molecule has 1 aliphatic heterocycles. The molecule has 1 unspecified atom stereocenters. The number of nitrogens with zero attached hydrogens (tertiary/aromatic N) is 3. The molecule has 20 heavy (non-hydrogen) atoms. The maximum Gasteiger partial charge on any atom is 0.201 e. The van der Waals surface area contributed by atoms with Crippen LogP contribution in [0.3, 0.4) is 0 Å². The van der Waals surface area contributed by atoms with Crippen LogP contribution in [0.15, 0.2) is 30.5 Å². The Bertz CT molecular complexity index is 774. The lowest BCUT2D eigenvalue weighted by Crippen LogP contribution is -2.12.